The average Bonchev–Trinajstić information content (AvgIpc) is 3.04. The first-order valence-electron chi connectivity index (χ1n) is 9.20. The maximum absolute atomic E-state index is 11.0. The van der Waals surface area contributed by atoms with Crippen molar-refractivity contribution in [2.24, 2.45) is 5.92 Å². The number of nitrogens with zero attached hydrogens (tertiary/aromatic N) is 1. The molecule has 0 radical (unpaired) electrons. The minimum absolute atomic E-state index is 0.384. The number of hydrogen-bond donors (Lipinski definition) is 1. The Morgan fingerprint density at radius 2 is 1.74 bits per heavy atom. The van der Waals surface area contributed by atoms with Gasteiger partial charge < -0.3 is 14.4 Å². The second-order valence-corrected chi connectivity index (χ2v) is 6.81. The zero-order valence-corrected chi connectivity index (χ0v) is 15.8. The van der Waals surface area contributed by atoms with Gasteiger partial charge >= 0.3 is 5.97 Å². The number of aromatic nitrogens is 1. The molecule has 0 fully saturated rings. The van der Waals surface area contributed by atoms with E-state index in [-0.39, 0.29) is 5.92 Å². The third-order valence-electron chi connectivity index (χ3n) is 4.74. The van der Waals surface area contributed by atoms with E-state index < -0.39 is 5.97 Å². The smallest absolute Gasteiger partial charge is 0.306 e. The summed E-state index contributed by atoms with van der Waals surface area (Å²) in [6, 6.07) is 22.3. The Kier molecular flexibility index (Phi) is 5.97. The second-order valence-electron chi connectivity index (χ2n) is 6.81. The highest BCUT2D eigenvalue weighted by Gasteiger charge is 2.11. The van der Waals surface area contributed by atoms with Crippen LogP contribution in [0.1, 0.15) is 18.2 Å². The Bertz CT molecular complexity index is 882. The predicted octanol–water partition coefficient (Wildman–Crippen LogP) is 4.81. The van der Waals surface area contributed by atoms with Crippen LogP contribution in [0.3, 0.4) is 0 Å². The van der Waals surface area contributed by atoms with E-state index in [1.165, 1.54) is 17.0 Å². The average molecular weight is 363 g/mol. The lowest BCUT2D eigenvalue weighted by molar-refractivity contribution is -0.141. The lowest BCUT2D eigenvalue weighted by Crippen LogP contribution is -2.12. The molecule has 3 rings (SSSR count). The molecule has 2 aromatic carbocycles. The number of rotatable bonds is 8. The number of aliphatic carboxylic acids is 1. The molecule has 140 valence electrons. The van der Waals surface area contributed by atoms with Gasteiger partial charge in [-0.05, 0) is 48.7 Å². The zero-order valence-electron chi connectivity index (χ0n) is 15.8. The fourth-order valence-corrected chi connectivity index (χ4v) is 3.14. The van der Waals surface area contributed by atoms with Gasteiger partial charge in [0.1, 0.15) is 12.4 Å². The van der Waals surface area contributed by atoms with Gasteiger partial charge in [-0.2, -0.15) is 0 Å². The molecule has 1 N–H and O–H groups in total. The first-order chi connectivity index (χ1) is 13.0. The molecular weight excluding hydrogens is 338 g/mol. The molecule has 0 saturated heterocycles. The van der Waals surface area contributed by atoms with Crippen molar-refractivity contribution < 1.29 is 14.6 Å². The molecule has 0 aliphatic rings. The summed E-state index contributed by atoms with van der Waals surface area (Å²) >= 11 is 0. The van der Waals surface area contributed by atoms with E-state index in [4.69, 9.17) is 9.84 Å². The SMILES string of the molecule is Cc1ccc(-c2ccccc2)n1CCOc1ccc(C[C@H](C)C(=O)O)cc1. The van der Waals surface area contributed by atoms with Crippen molar-refractivity contribution in [1.29, 1.82) is 0 Å². The van der Waals surface area contributed by atoms with E-state index in [1.54, 1.807) is 6.92 Å². The number of hydrogen-bond acceptors (Lipinski definition) is 2. The molecule has 3 aromatic rings. The van der Waals surface area contributed by atoms with Gasteiger partial charge in [-0.25, -0.2) is 0 Å². The fourth-order valence-electron chi connectivity index (χ4n) is 3.14. The molecule has 0 aliphatic carbocycles. The summed E-state index contributed by atoms with van der Waals surface area (Å²) in [7, 11) is 0. The Labute approximate surface area is 160 Å². The Hall–Kier alpha value is -3.01. The van der Waals surface area contributed by atoms with Crippen LogP contribution in [-0.4, -0.2) is 22.2 Å². The quantitative estimate of drug-likeness (QED) is 0.625. The van der Waals surface area contributed by atoms with Crippen LogP contribution in [0.15, 0.2) is 66.7 Å². The van der Waals surface area contributed by atoms with Crippen molar-refractivity contribution in [3.8, 4) is 17.0 Å². The topological polar surface area (TPSA) is 51.5 Å². The summed E-state index contributed by atoms with van der Waals surface area (Å²) in [5.41, 5.74) is 4.59. The van der Waals surface area contributed by atoms with Gasteiger partial charge in [0.25, 0.3) is 0 Å². The van der Waals surface area contributed by atoms with E-state index in [1.807, 2.05) is 42.5 Å². The predicted molar refractivity (Wildman–Crippen MR) is 107 cm³/mol. The lowest BCUT2D eigenvalue weighted by atomic mass is 10.0. The molecule has 27 heavy (non-hydrogen) atoms. The Morgan fingerprint density at radius 1 is 1.04 bits per heavy atom. The second kappa shape index (κ2) is 8.58. The first kappa shape index (κ1) is 18.8. The molecule has 0 amide bonds. The summed E-state index contributed by atoms with van der Waals surface area (Å²) in [5.74, 6) is -0.357. The van der Waals surface area contributed by atoms with Crippen LogP contribution in [0.4, 0.5) is 0 Å². The maximum atomic E-state index is 11.0. The molecule has 0 saturated carbocycles. The summed E-state index contributed by atoms with van der Waals surface area (Å²) in [5, 5.41) is 9.00. The zero-order chi connectivity index (χ0) is 19.2. The van der Waals surface area contributed by atoms with Crippen LogP contribution in [0.2, 0.25) is 0 Å². The lowest BCUT2D eigenvalue weighted by Gasteiger charge is -2.13. The summed E-state index contributed by atoms with van der Waals surface area (Å²) in [4.78, 5) is 11.0. The van der Waals surface area contributed by atoms with Gasteiger partial charge in [0.2, 0.25) is 0 Å². The van der Waals surface area contributed by atoms with Gasteiger partial charge in [0.05, 0.1) is 12.5 Å². The van der Waals surface area contributed by atoms with Crippen LogP contribution in [-0.2, 0) is 17.8 Å². The molecule has 0 spiro atoms. The standard InChI is InChI=1S/C23H25NO3/c1-17(23(25)26)16-19-9-11-21(12-10-19)27-15-14-24-18(2)8-13-22(24)20-6-4-3-5-7-20/h3-13,17H,14-16H2,1-2H3,(H,25,26)/t17-/m0/s1. The molecule has 4 nitrogen and oxygen atoms in total. The van der Waals surface area contributed by atoms with Crippen molar-refractivity contribution >= 4 is 5.97 Å². The molecule has 1 aromatic heterocycles. The molecule has 0 unspecified atom stereocenters. The molecule has 1 atom stereocenters. The summed E-state index contributed by atoms with van der Waals surface area (Å²) in [6.45, 7) is 5.16. The van der Waals surface area contributed by atoms with E-state index in [0.717, 1.165) is 17.9 Å². The highest BCUT2D eigenvalue weighted by atomic mass is 16.5. The number of aryl methyl sites for hydroxylation is 1. The molecule has 4 heteroatoms. The highest BCUT2D eigenvalue weighted by molar-refractivity contribution is 5.69. The summed E-state index contributed by atoms with van der Waals surface area (Å²) in [6.07, 6.45) is 0.526. The largest absolute Gasteiger partial charge is 0.492 e. The van der Waals surface area contributed by atoms with Gasteiger partial charge in [0, 0.05) is 11.4 Å². The van der Waals surface area contributed by atoms with Crippen molar-refractivity contribution in [2.75, 3.05) is 6.61 Å². The highest BCUT2D eigenvalue weighted by Crippen LogP contribution is 2.22. The van der Waals surface area contributed by atoms with Gasteiger partial charge in [-0.3, -0.25) is 4.79 Å². The van der Waals surface area contributed by atoms with Crippen molar-refractivity contribution in [3.63, 3.8) is 0 Å². The normalized spacial score (nSPS) is 11.9. The third kappa shape index (κ3) is 4.79. The van der Waals surface area contributed by atoms with E-state index in [0.29, 0.717) is 13.0 Å². The number of ether oxygens (including phenoxy) is 1. The fraction of sp³-hybridized carbons (Fsp3) is 0.261. The monoisotopic (exact) mass is 363 g/mol. The van der Waals surface area contributed by atoms with Crippen LogP contribution in [0.5, 0.6) is 5.75 Å². The van der Waals surface area contributed by atoms with E-state index in [9.17, 15) is 4.79 Å². The molecule has 0 bridgehead atoms. The first-order valence-corrected chi connectivity index (χ1v) is 9.20. The number of benzene rings is 2. The third-order valence-corrected chi connectivity index (χ3v) is 4.74. The van der Waals surface area contributed by atoms with Crippen molar-refractivity contribution in [2.45, 2.75) is 26.8 Å². The minimum Gasteiger partial charge on any atom is -0.492 e. The van der Waals surface area contributed by atoms with Crippen LogP contribution in [0, 0.1) is 12.8 Å². The van der Waals surface area contributed by atoms with Crippen molar-refractivity contribution in [3.05, 3.63) is 78.0 Å². The van der Waals surface area contributed by atoms with Crippen LogP contribution >= 0.6 is 0 Å². The van der Waals surface area contributed by atoms with Crippen molar-refractivity contribution in [1.82, 2.24) is 4.57 Å². The van der Waals surface area contributed by atoms with E-state index in [2.05, 4.69) is 35.8 Å². The number of carboxylic acids is 1. The van der Waals surface area contributed by atoms with Crippen LogP contribution < -0.4 is 4.74 Å². The Balaban J connectivity index is 1.59. The summed E-state index contributed by atoms with van der Waals surface area (Å²) < 4.78 is 8.16. The molecule has 0 aliphatic heterocycles. The van der Waals surface area contributed by atoms with Gasteiger partial charge in [0.15, 0.2) is 0 Å². The van der Waals surface area contributed by atoms with Gasteiger partial charge in [-0.15, -0.1) is 0 Å². The maximum Gasteiger partial charge on any atom is 0.306 e. The van der Waals surface area contributed by atoms with E-state index >= 15 is 0 Å². The van der Waals surface area contributed by atoms with Gasteiger partial charge in [-0.1, -0.05) is 49.4 Å². The number of carbonyl (C=O) groups is 1. The van der Waals surface area contributed by atoms with Crippen LogP contribution in [0.25, 0.3) is 11.3 Å². The number of carboxylic acid groups (broad SMARTS) is 1. The molecular formula is C23H25NO3. The minimum atomic E-state index is -0.772. The molecule has 1 heterocycles. The Morgan fingerprint density at radius 3 is 2.41 bits per heavy atom.